The summed E-state index contributed by atoms with van der Waals surface area (Å²) >= 11 is 10.0. The number of thioether (sulfide) groups is 2. The highest BCUT2D eigenvalue weighted by atomic mass is 35.5. The Kier molecular flexibility index (Phi) is 14.4. The second-order valence-electron chi connectivity index (χ2n) is 13.9. The third-order valence-corrected chi connectivity index (χ3v) is 12.6. The van der Waals surface area contributed by atoms with Crippen molar-refractivity contribution in [2.75, 3.05) is 12.9 Å². The van der Waals surface area contributed by atoms with Crippen LogP contribution in [0.1, 0.15) is 38.9 Å². The molecule has 0 spiro atoms. The van der Waals surface area contributed by atoms with E-state index >= 15 is 0 Å². The zero-order valence-electron chi connectivity index (χ0n) is 31.4. The lowest BCUT2D eigenvalue weighted by Gasteiger charge is -2.50. The van der Waals surface area contributed by atoms with Crippen LogP contribution in [-0.2, 0) is 56.7 Å². The molecular weight excluding hydrogens is 756 g/mol. The monoisotopic (exact) mass is 802 g/mol. The van der Waals surface area contributed by atoms with Crippen LogP contribution in [-0.4, -0.2) is 41.5 Å². The second kappa shape index (κ2) is 20.0. The van der Waals surface area contributed by atoms with Crippen LogP contribution in [0, 0.1) is 0 Å². The standard InChI is InChI=1S/C48H47ClO5S2/c1-55-42-25-22-35(23-26-42)28-40-29-41(24-27-43(40)49)48(50)47(54-33-39-20-12-5-13-21-39)46(53-32-38-18-10-4-11-19-38)45(52-31-37-16-8-3-9-17-37)44(56-48)34-51-30-36-14-6-2-7-15-36/h2-27,29,44-47,50H,28,30-34H2,1H3/t44-,45-,46+,47-,48?/m1/s1. The van der Waals surface area contributed by atoms with Gasteiger partial charge in [0, 0.05) is 9.92 Å². The molecule has 1 aliphatic heterocycles. The summed E-state index contributed by atoms with van der Waals surface area (Å²) in [7, 11) is 0. The van der Waals surface area contributed by atoms with Gasteiger partial charge in [0.1, 0.15) is 18.3 Å². The van der Waals surface area contributed by atoms with Crippen LogP contribution in [0.3, 0.4) is 0 Å². The molecule has 0 amide bonds. The summed E-state index contributed by atoms with van der Waals surface area (Å²) in [4.78, 5) is -0.378. The van der Waals surface area contributed by atoms with Crippen molar-refractivity contribution in [2.45, 2.75) is 66.2 Å². The van der Waals surface area contributed by atoms with Gasteiger partial charge in [0.2, 0.25) is 0 Å². The Hall–Kier alpha value is -3.89. The van der Waals surface area contributed by atoms with Crippen LogP contribution in [0.2, 0.25) is 5.02 Å². The lowest BCUT2D eigenvalue weighted by atomic mass is 9.91. The van der Waals surface area contributed by atoms with Gasteiger partial charge in [0.25, 0.3) is 0 Å². The van der Waals surface area contributed by atoms with Crippen molar-refractivity contribution in [1.29, 1.82) is 0 Å². The maximum atomic E-state index is 13.4. The van der Waals surface area contributed by atoms with E-state index in [-0.39, 0.29) is 11.9 Å². The van der Waals surface area contributed by atoms with Crippen LogP contribution in [0.5, 0.6) is 0 Å². The Morgan fingerprint density at radius 2 is 1.09 bits per heavy atom. The third kappa shape index (κ3) is 10.5. The Bertz CT molecular complexity index is 2070. The number of hydrogen-bond acceptors (Lipinski definition) is 7. The molecule has 8 heteroatoms. The molecule has 0 aliphatic carbocycles. The average Bonchev–Trinajstić information content (AvgIpc) is 3.24. The molecule has 0 saturated carbocycles. The summed E-state index contributed by atoms with van der Waals surface area (Å²) in [6, 6.07) is 54.7. The first-order chi connectivity index (χ1) is 27.5. The molecule has 1 saturated heterocycles. The first-order valence-electron chi connectivity index (χ1n) is 18.9. The summed E-state index contributed by atoms with van der Waals surface area (Å²) in [5, 5.41) is 13.7. The van der Waals surface area contributed by atoms with Crippen LogP contribution >= 0.6 is 35.1 Å². The predicted octanol–water partition coefficient (Wildman–Crippen LogP) is 10.9. The second-order valence-corrected chi connectivity index (χ2v) is 16.7. The smallest absolute Gasteiger partial charge is 0.165 e. The molecule has 5 nitrogen and oxygen atoms in total. The van der Waals surface area contributed by atoms with E-state index < -0.39 is 23.2 Å². The highest BCUT2D eigenvalue weighted by Crippen LogP contribution is 2.51. The Balaban J connectivity index is 1.29. The van der Waals surface area contributed by atoms with Gasteiger partial charge in [-0.1, -0.05) is 157 Å². The number of rotatable bonds is 17. The lowest BCUT2D eigenvalue weighted by molar-refractivity contribution is -0.199. The van der Waals surface area contributed by atoms with E-state index in [0.717, 1.165) is 33.4 Å². The highest BCUT2D eigenvalue weighted by Gasteiger charge is 2.56. The number of aliphatic hydroxyl groups is 1. The van der Waals surface area contributed by atoms with Crippen LogP contribution in [0.15, 0.2) is 169 Å². The molecule has 56 heavy (non-hydrogen) atoms. The van der Waals surface area contributed by atoms with Crippen LogP contribution < -0.4 is 0 Å². The molecule has 1 fully saturated rings. The fourth-order valence-electron chi connectivity index (χ4n) is 6.98. The minimum absolute atomic E-state index is 0.266. The van der Waals surface area contributed by atoms with E-state index in [1.54, 1.807) is 11.8 Å². The molecule has 0 aromatic heterocycles. The lowest BCUT2D eigenvalue weighted by Crippen LogP contribution is -2.61. The summed E-state index contributed by atoms with van der Waals surface area (Å²) < 4.78 is 27.2. The summed E-state index contributed by atoms with van der Waals surface area (Å²) in [5.41, 5.74) is 6.84. The van der Waals surface area contributed by atoms with Crippen molar-refractivity contribution in [3.63, 3.8) is 0 Å². The molecule has 6 aromatic carbocycles. The van der Waals surface area contributed by atoms with E-state index in [1.165, 1.54) is 16.7 Å². The molecule has 288 valence electrons. The maximum Gasteiger partial charge on any atom is 0.165 e. The molecular formula is C48H47ClO5S2. The van der Waals surface area contributed by atoms with Crippen molar-refractivity contribution in [2.24, 2.45) is 0 Å². The van der Waals surface area contributed by atoms with Gasteiger partial charge in [-0.15, -0.1) is 23.5 Å². The fourth-order valence-corrected chi connectivity index (χ4v) is 9.17. The minimum Gasteiger partial charge on any atom is -0.376 e. The van der Waals surface area contributed by atoms with Crippen molar-refractivity contribution in [3.8, 4) is 0 Å². The van der Waals surface area contributed by atoms with E-state index in [9.17, 15) is 5.11 Å². The number of halogens is 1. The third-order valence-electron chi connectivity index (χ3n) is 9.95. The SMILES string of the molecule is CSc1ccc(Cc2cc(C3(O)S[C@H](COCc4ccccc4)[C@@H](OCc4ccccc4)[C@H](OCc4ccccc4)[C@H]3OCc3ccccc3)ccc2Cl)cc1. The average molecular weight is 803 g/mol. The normalized spacial score (nSPS) is 20.8. The van der Waals surface area contributed by atoms with E-state index in [2.05, 4.69) is 54.8 Å². The van der Waals surface area contributed by atoms with Gasteiger partial charge in [-0.2, -0.15) is 0 Å². The molecule has 1 N–H and O–H groups in total. The molecule has 1 aliphatic rings. The van der Waals surface area contributed by atoms with Crippen molar-refractivity contribution in [1.82, 2.24) is 0 Å². The van der Waals surface area contributed by atoms with Crippen molar-refractivity contribution < 1.29 is 24.1 Å². The molecule has 0 bridgehead atoms. The maximum absolute atomic E-state index is 13.4. The van der Waals surface area contributed by atoms with Gasteiger partial charge in [0.15, 0.2) is 4.93 Å². The number of hydrogen-bond donors (Lipinski definition) is 1. The van der Waals surface area contributed by atoms with E-state index in [4.69, 9.17) is 30.5 Å². The molecule has 5 atom stereocenters. The predicted molar refractivity (Wildman–Crippen MR) is 229 cm³/mol. The van der Waals surface area contributed by atoms with Gasteiger partial charge >= 0.3 is 0 Å². The fraction of sp³-hybridized carbons (Fsp3) is 0.250. The zero-order chi connectivity index (χ0) is 38.6. The molecule has 1 heterocycles. The first kappa shape index (κ1) is 40.3. The van der Waals surface area contributed by atoms with Gasteiger partial charge in [-0.05, 0) is 69.8 Å². The minimum atomic E-state index is -1.58. The van der Waals surface area contributed by atoms with E-state index in [0.29, 0.717) is 43.4 Å². The number of ether oxygens (including phenoxy) is 4. The van der Waals surface area contributed by atoms with Gasteiger partial charge < -0.3 is 24.1 Å². The summed E-state index contributed by atoms with van der Waals surface area (Å²) in [5.74, 6) is 0. The summed E-state index contributed by atoms with van der Waals surface area (Å²) in [6.45, 7) is 1.66. The molecule has 1 unspecified atom stereocenters. The van der Waals surface area contributed by atoms with Crippen molar-refractivity contribution in [3.05, 3.63) is 208 Å². The van der Waals surface area contributed by atoms with Crippen LogP contribution in [0.4, 0.5) is 0 Å². The molecule has 0 radical (unpaired) electrons. The zero-order valence-corrected chi connectivity index (χ0v) is 33.8. The van der Waals surface area contributed by atoms with Gasteiger partial charge in [-0.3, -0.25) is 0 Å². The highest BCUT2D eigenvalue weighted by molar-refractivity contribution is 8.00. The Labute approximate surface area is 344 Å². The Morgan fingerprint density at radius 1 is 0.589 bits per heavy atom. The first-order valence-corrected chi connectivity index (χ1v) is 21.4. The molecule has 6 aromatic rings. The topological polar surface area (TPSA) is 57.2 Å². The van der Waals surface area contributed by atoms with Crippen molar-refractivity contribution >= 4 is 35.1 Å². The van der Waals surface area contributed by atoms with Crippen LogP contribution in [0.25, 0.3) is 0 Å². The van der Waals surface area contributed by atoms with E-state index in [1.807, 2.05) is 115 Å². The quantitative estimate of drug-likeness (QED) is 0.0922. The van der Waals surface area contributed by atoms with Gasteiger partial charge in [-0.25, -0.2) is 0 Å². The Morgan fingerprint density at radius 3 is 1.62 bits per heavy atom. The van der Waals surface area contributed by atoms with Gasteiger partial charge in [0.05, 0.1) is 38.3 Å². The number of benzene rings is 6. The summed E-state index contributed by atoms with van der Waals surface area (Å²) in [6.07, 6.45) is 0.623. The largest absolute Gasteiger partial charge is 0.376 e. The molecule has 7 rings (SSSR count).